The van der Waals surface area contributed by atoms with Crippen molar-refractivity contribution in [3.63, 3.8) is 0 Å². The quantitative estimate of drug-likeness (QED) is 0.793. The Morgan fingerprint density at radius 1 is 1.20 bits per heavy atom. The lowest BCUT2D eigenvalue weighted by molar-refractivity contribution is 0.382. The summed E-state index contributed by atoms with van der Waals surface area (Å²) in [5.74, 6) is 1.86. The summed E-state index contributed by atoms with van der Waals surface area (Å²) >= 11 is 0. The highest BCUT2D eigenvalue weighted by atomic mass is 16.5. The Morgan fingerprint density at radius 2 is 1.90 bits per heavy atom. The molecular formula is C17H24N2O. The molecule has 0 saturated heterocycles. The van der Waals surface area contributed by atoms with E-state index in [1.807, 2.05) is 6.08 Å². The summed E-state index contributed by atoms with van der Waals surface area (Å²) in [6.45, 7) is 12.9. The highest BCUT2D eigenvalue weighted by Gasteiger charge is 2.25. The first-order valence-electron chi connectivity index (χ1n) is 7.16. The van der Waals surface area contributed by atoms with E-state index in [9.17, 15) is 0 Å². The average molecular weight is 272 g/mol. The molecule has 0 fully saturated rings. The van der Waals surface area contributed by atoms with Crippen molar-refractivity contribution < 1.29 is 4.52 Å². The van der Waals surface area contributed by atoms with Crippen molar-refractivity contribution in [3.8, 4) is 0 Å². The van der Waals surface area contributed by atoms with E-state index >= 15 is 0 Å². The molecule has 20 heavy (non-hydrogen) atoms. The molecule has 0 aliphatic heterocycles. The molecule has 0 spiro atoms. The molecule has 2 rings (SSSR count). The molecule has 1 aliphatic rings. The number of hydrogen-bond donors (Lipinski definition) is 0. The molecular weight excluding hydrogens is 248 g/mol. The molecule has 3 nitrogen and oxygen atoms in total. The van der Waals surface area contributed by atoms with Crippen molar-refractivity contribution in [2.75, 3.05) is 0 Å². The molecule has 3 heteroatoms. The first kappa shape index (κ1) is 14.8. The molecule has 1 aromatic heterocycles. The van der Waals surface area contributed by atoms with Crippen LogP contribution in [0.1, 0.15) is 53.3 Å². The second kappa shape index (κ2) is 5.04. The van der Waals surface area contributed by atoms with Gasteiger partial charge in [0.1, 0.15) is 0 Å². The van der Waals surface area contributed by atoms with Gasteiger partial charge in [0.05, 0.1) is 0 Å². The van der Waals surface area contributed by atoms with E-state index in [-0.39, 0.29) is 10.8 Å². The maximum atomic E-state index is 5.40. The van der Waals surface area contributed by atoms with Crippen molar-refractivity contribution >= 4 is 5.57 Å². The largest absolute Gasteiger partial charge is 0.334 e. The van der Waals surface area contributed by atoms with E-state index in [1.165, 1.54) is 0 Å². The third-order valence-electron chi connectivity index (χ3n) is 3.94. The van der Waals surface area contributed by atoms with Gasteiger partial charge in [-0.2, -0.15) is 4.98 Å². The lowest BCUT2D eigenvalue weighted by atomic mass is 9.79. The van der Waals surface area contributed by atoms with Gasteiger partial charge < -0.3 is 4.52 Å². The highest BCUT2D eigenvalue weighted by molar-refractivity contribution is 5.71. The molecule has 1 aliphatic carbocycles. The topological polar surface area (TPSA) is 38.9 Å². The highest BCUT2D eigenvalue weighted by Crippen LogP contribution is 2.34. The molecule has 0 bridgehead atoms. The van der Waals surface area contributed by atoms with Gasteiger partial charge in [0.15, 0.2) is 5.82 Å². The molecule has 1 heterocycles. The maximum Gasteiger partial charge on any atom is 0.257 e. The normalized spacial score (nSPS) is 23.1. The van der Waals surface area contributed by atoms with Crippen molar-refractivity contribution in [1.82, 2.24) is 10.1 Å². The second-order valence-corrected chi connectivity index (χ2v) is 7.01. The number of allylic oxidation sites excluding steroid dienone is 6. The second-order valence-electron chi connectivity index (χ2n) is 7.01. The summed E-state index contributed by atoms with van der Waals surface area (Å²) in [4.78, 5) is 4.51. The molecule has 0 radical (unpaired) electrons. The molecule has 0 aromatic carbocycles. The van der Waals surface area contributed by atoms with Gasteiger partial charge in [0.2, 0.25) is 0 Å². The third-order valence-corrected chi connectivity index (χ3v) is 3.94. The monoisotopic (exact) mass is 272 g/mol. The first-order valence-corrected chi connectivity index (χ1v) is 7.16. The summed E-state index contributed by atoms with van der Waals surface area (Å²) in [6, 6.07) is 0. The SMILES string of the molecule is CC(C)C1(C)C=CC=C(c2nc(C(C)(C)C)no2)C=C1. The number of aromatic nitrogens is 2. The molecule has 1 unspecified atom stereocenters. The van der Waals surface area contributed by atoms with Gasteiger partial charge in [-0.05, 0) is 12.0 Å². The van der Waals surface area contributed by atoms with E-state index in [0.29, 0.717) is 11.8 Å². The van der Waals surface area contributed by atoms with Crippen LogP contribution >= 0.6 is 0 Å². The van der Waals surface area contributed by atoms with Crippen molar-refractivity contribution in [1.29, 1.82) is 0 Å². The van der Waals surface area contributed by atoms with Crippen LogP contribution in [0.2, 0.25) is 0 Å². The zero-order chi connectivity index (χ0) is 15.0. The van der Waals surface area contributed by atoms with Crippen molar-refractivity contribution in [3.05, 3.63) is 42.1 Å². The number of hydrogen-bond acceptors (Lipinski definition) is 3. The molecule has 0 N–H and O–H groups in total. The molecule has 0 saturated carbocycles. The Morgan fingerprint density at radius 3 is 2.45 bits per heavy atom. The maximum absolute atomic E-state index is 5.40. The summed E-state index contributed by atoms with van der Waals surface area (Å²) in [6.07, 6.45) is 10.6. The van der Waals surface area contributed by atoms with Crippen LogP contribution in [-0.4, -0.2) is 10.1 Å². The minimum atomic E-state index is -0.0982. The Bertz CT molecular complexity index is 570. The smallest absolute Gasteiger partial charge is 0.257 e. The zero-order valence-electron chi connectivity index (χ0n) is 13.3. The predicted octanol–water partition coefficient (Wildman–Crippen LogP) is 4.54. The van der Waals surface area contributed by atoms with Crippen LogP contribution in [0.3, 0.4) is 0 Å². The Labute approximate surface area is 121 Å². The summed E-state index contributed by atoms with van der Waals surface area (Å²) in [5, 5.41) is 4.08. The first-order chi connectivity index (χ1) is 9.22. The fraction of sp³-hybridized carbons (Fsp3) is 0.529. The van der Waals surface area contributed by atoms with Crippen LogP contribution in [0.25, 0.3) is 5.57 Å². The van der Waals surface area contributed by atoms with E-state index in [0.717, 1.165) is 11.4 Å². The summed E-state index contributed by atoms with van der Waals surface area (Å²) in [5.41, 5.74) is 0.929. The lowest BCUT2D eigenvalue weighted by Crippen LogP contribution is -2.17. The molecule has 1 atom stereocenters. The fourth-order valence-corrected chi connectivity index (χ4v) is 1.91. The predicted molar refractivity (Wildman–Crippen MR) is 82.2 cm³/mol. The van der Waals surface area contributed by atoms with Crippen LogP contribution < -0.4 is 0 Å². The number of rotatable bonds is 2. The van der Waals surface area contributed by atoms with E-state index in [4.69, 9.17) is 4.52 Å². The van der Waals surface area contributed by atoms with E-state index in [2.05, 4.69) is 76.0 Å². The van der Waals surface area contributed by atoms with Gasteiger partial charge >= 0.3 is 0 Å². The van der Waals surface area contributed by atoms with Gasteiger partial charge in [-0.3, -0.25) is 0 Å². The minimum Gasteiger partial charge on any atom is -0.334 e. The lowest BCUT2D eigenvalue weighted by Gasteiger charge is -2.26. The molecule has 1 aromatic rings. The average Bonchev–Trinajstić information content (AvgIpc) is 2.74. The van der Waals surface area contributed by atoms with Crippen molar-refractivity contribution in [2.24, 2.45) is 11.3 Å². The molecule has 0 amide bonds. The van der Waals surface area contributed by atoms with Gasteiger partial charge in [0.25, 0.3) is 5.89 Å². The summed E-state index contributed by atoms with van der Waals surface area (Å²) < 4.78 is 5.40. The van der Waals surface area contributed by atoms with Crippen molar-refractivity contribution in [2.45, 2.75) is 47.0 Å². The van der Waals surface area contributed by atoms with Gasteiger partial charge in [-0.25, -0.2) is 0 Å². The fourth-order valence-electron chi connectivity index (χ4n) is 1.91. The van der Waals surface area contributed by atoms with Crippen LogP contribution in [0.5, 0.6) is 0 Å². The van der Waals surface area contributed by atoms with E-state index < -0.39 is 0 Å². The Kier molecular flexibility index (Phi) is 3.72. The van der Waals surface area contributed by atoms with Crippen LogP contribution in [-0.2, 0) is 5.41 Å². The Hall–Kier alpha value is -1.64. The van der Waals surface area contributed by atoms with Gasteiger partial charge in [0, 0.05) is 16.4 Å². The summed E-state index contributed by atoms with van der Waals surface area (Å²) in [7, 11) is 0. The number of nitrogens with zero attached hydrogens (tertiary/aromatic N) is 2. The van der Waals surface area contributed by atoms with Crippen LogP contribution in [0.15, 0.2) is 34.9 Å². The molecule has 108 valence electrons. The van der Waals surface area contributed by atoms with Gasteiger partial charge in [-0.1, -0.05) is 71.0 Å². The van der Waals surface area contributed by atoms with Gasteiger partial charge in [-0.15, -0.1) is 0 Å². The Balaban J connectivity index is 2.30. The third kappa shape index (κ3) is 2.92. The van der Waals surface area contributed by atoms with Crippen LogP contribution in [0.4, 0.5) is 0 Å². The minimum absolute atomic E-state index is 0.0606. The van der Waals surface area contributed by atoms with Crippen LogP contribution in [0, 0.1) is 11.3 Å². The zero-order valence-corrected chi connectivity index (χ0v) is 13.3. The standard InChI is InChI=1S/C17H24N2O/c1-12(2)17(6)10-7-8-13(9-11-17)14-18-15(19-20-14)16(3,4)5/h7-12H,1-6H3. The van der Waals surface area contributed by atoms with E-state index in [1.54, 1.807) is 0 Å².